The average molecular weight is 248 g/mol. The van der Waals surface area contributed by atoms with Gasteiger partial charge in [-0.25, -0.2) is 0 Å². The molecule has 4 heteroatoms. The molecular weight excluding hydrogens is 220 g/mol. The van der Waals surface area contributed by atoms with Crippen LogP contribution in [0.25, 0.3) is 0 Å². The van der Waals surface area contributed by atoms with Crippen molar-refractivity contribution in [2.75, 3.05) is 6.61 Å². The van der Waals surface area contributed by atoms with Gasteiger partial charge in [-0.3, -0.25) is 0 Å². The highest BCUT2D eigenvalue weighted by Crippen LogP contribution is 2.37. The van der Waals surface area contributed by atoms with Crippen LogP contribution >= 0.6 is 0 Å². The van der Waals surface area contributed by atoms with Gasteiger partial charge in [0.1, 0.15) is 0 Å². The van der Waals surface area contributed by atoms with Crippen molar-refractivity contribution >= 4 is 8.32 Å². The van der Waals surface area contributed by atoms with Gasteiger partial charge in [-0.2, -0.15) is 0 Å². The predicted octanol–water partition coefficient (Wildman–Crippen LogP) is 2.53. The minimum Gasteiger partial charge on any atom is -0.414 e. The number of hydrogen-bond acceptors (Lipinski definition) is 3. The number of aliphatic hydroxyl groups excluding tert-OH is 2. The molecule has 0 aromatic heterocycles. The van der Waals surface area contributed by atoms with E-state index in [1.165, 1.54) is 0 Å². The van der Waals surface area contributed by atoms with Gasteiger partial charge in [0, 0.05) is 6.10 Å². The van der Waals surface area contributed by atoms with E-state index in [0.29, 0.717) is 6.42 Å². The Balaban J connectivity index is 4.09. The van der Waals surface area contributed by atoms with Crippen LogP contribution in [0.2, 0.25) is 18.1 Å². The molecular formula is C12H28O3Si. The van der Waals surface area contributed by atoms with Crippen LogP contribution in [-0.4, -0.2) is 37.3 Å². The fraction of sp³-hybridized carbons (Fsp3) is 1.00. The molecule has 0 amide bonds. The first kappa shape index (κ1) is 16.1. The summed E-state index contributed by atoms with van der Waals surface area (Å²) in [5, 5.41) is 18.2. The predicted molar refractivity (Wildman–Crippen MR) is 70.1 cm³/mol. The Morgan fingerprint density at radius 1 is 1.19 bits per heavy atom. The van der Waals surface area contributed by atoms with Crippen LogP contribution < -0.4 is 0 Å². The van der Waals surface area contributed by atoms with Gasteiger partial charge in [0.15, 0.2) is 8.32 Å². The lowest BCUT2D eigenvalue weighted by atomic mass is 10.1. The van der Waals surface area contributed by atoms with Crippen LogP contribution in [0.3, 0.4) is 0 Å². The van der Waals surface area contributed by atoms with Gasteiger partial charge >= 0.3 is 0 Å². The van der Waals surface area contributed by atoms with Crippen LogP contribution in [0, 0.1) is 0 Å². The summed E-state index contributed by atoms with van der Waals surface area (Å²) in [4.78, 5) is 0. The Kier molecular flexibility index (Phi) is 6.18. The van der Waals surface area contributed by atoms with Crippen molar-refractivity contribution in [3.63, 3.8) is 0 Å². The second kappa shape index (κ2) is 6.14. The van der Waals surface area contributed by atoms with Crippen LogP contribution in [0.5, 0.6) is 0 Å². The number of aliphatic hydroxyl groups is 2. The molecule has 0 saturated carbocycles. The van der Waals surface area contributed by atoms with Crippen molar-refractivity contribution in [2.45, 2.75) is 70.9 Å². The molecule has 0 heterocycles. The van der Waals surface area contributed by atoms with Crippen molar-refractivity contribution in [2.24, 2.45) is 0 Å². The molecule has 0 saturated heterocycles. The van der Waals surface area contributed by atoms with Gasteiger partial charge in [0.05, 0.1) is 12.7 Å². The summed E-state index contributed by atoms with van der Waals surface area (Å²) < 4.78 is 6.14. The third kappa shape index (κ3) is 5.43. The van der Waals surface area contributed by atoms with Crippen LogP contribution in [0.1, 0.15) is 40.5 Å². The van der Waals surface area contributed by atoms with Crippen molar-refractivity contribution < 1.29 is 14.6 Å². The van der Waals surface area contributed by atoms with E-state index in [0.717, 1.165) is 6.42 Å². The summed E-state index contributed by atoms with van der Waals surface area (Å²) in [5.74, 6) is 0. The minimum atomic E-state index is -1.69. The van der Waals surface area contributed by atoms with Gasteiger partial charge in [-0.15, -0.1) is 0 Å². The third-order valence-electron chi connectivity index (χ3n) is 3.42. The second-order valence-electron chi connectivity index (χ2n) is 6.10. The zero-order chi connectivity index (χ0) is 13.0. The lowest BCUT2D eigenvalue weighted by molar-refractivity contribution is 0.0733. The van der Waals surface area contributed by atoms with E-state index in [9.17, 15) is 5.11 Å². The maximum atomic E-state index is 9.27. The molecule has 16 heavy (non-hydrogen) atoms. The molecule has 0 radical (unpaired) electrons. The Hall–Kier alpha value is 0.0969. The molecule has 0 aromatic rings. The quantitative estimate of drug-likeness (QED) is 0.710. The molecule has 0 aliphatic rings. The Morgan fingerprint density at radius 2 is 1.69 bits per heavy atom. The summed E-state index contributed by atoms with van der Waals surface area (Å²) in [6.45, 7) is 13.0. The van der Waals surface area contributed by atoms with Crippen molar-refractivity contribution in [3.8, 4) is 0 Å². The van der Waals surface area contributed by atoms with Gasteiger partial charge in [-0.05, 0) is 37.9 Å². The molecule has 2 atom stereocenters. The highest BCUT2D eigenvalue weighted by molar-refractivity contribution is 6.74. The van der Waals surface area contributed by atoms with Crippen LogP contribution in [0.4, 0.5) is 0 Å². The van der Waals surface area contributed by atoms with Gasteiger partial charge < -0.3 is 14.6 Å². The zero-order valence-corrected chi connectivity index (χ0v) is 12.6. The molecule has 0 aromatic carbocycles. The van der Waals surface area contributed by atoms with Crippen molar-refractivity contribution in [3.05, 3.63) is 0 Å². The SMILES string of the molecule is C[C@H](CC[C@H](O)CO)O[Si](C)(C)C(C)(C)C. The lowest BCUT2D eigenvalue weighted by Gasteiger charge is -2.38. The Morgan fingerprint density at radius 3 is 2.06 bits per heavy atom. The molecule has 2 N–H and O–H groups in total. The van der Waals surface area contributed by atoms with E-state index in [1.807, 2.05) is 6.92 Å². The summed E-state index contributed by atoms with van der Waals surface area (Å²) >= 11 is 0. The first-order valence-electron chi connectivity index (χ1n) is 6.07. The largest absolute Gasteiger partial charge is 0.414 e. The lowest BCUT2D eigenvalue weighted by Crippen LogP contribution is -2.43. The second-order valence-corrected chi connectivity index (χ2v) is 10.9. The number of rotatable bonds is 6. The van der Waals surface area contributed by atoms with E-state index in [4.69, 9.17) is 9.53 Å². The molecule has 0 unspecified atom stereocenters. The standard InChI is InChI=1S/C12H28O3Si/c1-10(7-8-11(14)9-13)15-16(5,6)12(2,3)4/h10-11,13-14H,7-9H2,1-6H3/t10-,11+/m1/s1. The molecule has 98 valence electrons. The molecule has 0 fully saturated rings. The maximum Gasteiger partial charge on any atom is 0.192 e. The van der Waals surface area contributed by atoms with E-state index in [2.05, 4.69) is 33.9 Å². The Labute approximate surface area is 101 Å². The molecule has 0 aliphatic heterocycles. The fourth-order valence-electron chi connectivity index (χ4n) is 1.26. The smallest absolute Gasteiger partial charge is 0.192 e. The topological polar surface area (TPSA) is 49.7 Å². The van der Waals surface area contributed by atoms with Crippen molar-refractivity contribution in [1.82, 2.24) is 0 Å². The fourth-order valence-corrected chi connectivity index (χ4v) is 2.73. The highest BCUT2D eigenvalue weighted by atomic mass is 28.4. The first-order valence-corrected chi connectivity index (χ1v) is 8.97. The minimum absolute atomic E-state index is 0.155. The zero-order valence-electron chi connectivity index (χ0n) is 11.6. The number of hydrogen-bond donors (Lipinski definition) is 2. The molecule has 0 bridgehead atoms. The average Bonchev–Trinajstić information content (AvgIpc) is 2.11. The van der Waals surface area contributed by atoms with Crippen molar-refractivity contribution in [1.29, 1.82) is 0 Å². The molecule has 3 nitrogen and oxygen atoms in total. The highest BCUT2D eigenvalue weighted by Gasteiger charge is 2.38. The summed E-state index contributed by atoms with van der Waals surface area (Å²) in [5.41, 5.74) is 0. The summed E-state index contributed by atoms with van der Waals surface area (Å²) in [6, 6.07) is 0. The van der Waals surface area contributed by atoms with Crippen LogP contribution in [0.15, 0.2) is 0 Å². The third-order valence-corrected chi connectivity index (χ3v) is 8.02. The van der Waals surface area contributed by atoms with Crippen LogP contribution in [-0.2, 0) is 4.43 Å². The Bertz CT molecular complexity index is 199. The molecule has 0 rings (SSSR count). The normalized spacial score (nSPS) is 17.2. The summed E-state index contributed by atoms with van der Waals surface area (Å²) in [6.07, 6.45) is 0.952. The van der Waals surface area contributed by atoms with E-state index >= 15 is 0 Å². The van der Waals surface area contributed by atoms with E-state index in [1.54, 1.807) is 0 Å². The summed E-state index contributed by atoms with van der Waals surface area (Å²) in [7, 11) is -1.69. The maximum absolute atomic E-state index is 9.27. The van der Waals surface area contributed by atoms with E-state index < -0.39 is 14.4 Å². The van der Waals surface area contributed by atoms with E-state index in [-0.39, 0.29) is 17.7 Å². The monoisotopic (exact) mass is 248 g/mol. The first-order chi connectivity index (χ1) is 7.10. The van der Waals surface area contributed by atoms with Gasteiger partial charge in [-0.1, -0.05) is 20.8 Å². The van der Waals surface area contributed by atoms with Gasteiger partial charge in [0.25, 0.3) is 0 Å². The van der Waals surface area contributed by atoms with Gasteiger partial charge in [0.2, 0.25) is 0 Å². The molecule has 0 aliphatic carbocycles. The molecule has 0 spiro atoms.